The lowest BCUT2D eigenvalue weighted by molar-refractivity contribution is 0.285. The molecule has 0 amide bonds. The van der Waals surface area contributed by atoms with E-state index in [2.05, 4.69) is 67.4 Å². The van der Waals surface area contributed by atoms with Gasteiger partial charge in [-0.05, 0) is 101 Å². The van der Waals surface area contributed by atoms with Crippen LogP contribution in [-0.2, 0) is 5.54 Å². The lowest BCUT2D eigenvalue weighted by Crippen LogP contribution is -2.41. The summed E-state index contributed by atoms with van der Waals surface area (Å²) < 4.78 is 0. The van der Waals surface area contributed by atoms with E-state index in [1.807, 2.05) is 31.3 Å². The second-order valence-corrected chi connectivity index (χ2v) is 9.68. The zero-order chi connectivity index (χ0) is 21.9. The maximum Gasteiger partial charge on any atom is 0.224 e. The van der Waals surface area contributed by atoms with Gasteiger partial charge in [0.05, 0.1) is 0 Å². The highest BCUT2D eigenvalue weighted by Gasteiger charge is 2.27. The number of rotatable bonds is 7. The fraction of sp³-hybridized carbons (Fsp3) is 0.600. The summed E-state index contributed by atoms with van der Waals surface area (Å²) in [5, 5.41) is 7.41. The Labute approximate surface area is 182 Å². The van der Waals surface area contributed by atoms with Crippen LogP contribution in [0.2, 0.25) is 0 Å². The van der Waals surface area contributed by atoms with Crippen molar-refractivity contribution in [3.63, 3.8) is 0 Å². The Hall–Kier alpha value is -2.14. The molecule has 0 radical (unpaired) electrons. The summed E-state index contributed by atoms with van der Waals surface area (Å²) in [6.07, 6.45) is 6.65. The van der Waals surface area contributed by atoms with Crippen LogP contribution in [0, 0.1) is 26.7 Å². The van der Waals surface area contributed by atoms with Crippen LogP contribution in [0.3, 0.4) is 0 Å². The molecule has 0 bridgehead atoms. The van der Waals surface area contributed by atoms with E-state index in [1.165, 1.54) is 47.9 Å². The minimum absolute atomic E-state index is 0.0158. The minimum Gasteiger partial charge on any atom is -0.363 e. The molecule has 0 unspecified atom stereocenters. The number of aryl methyl sites for hydroxylation is 1. The molecule has 164 valence electrons. The van der Waals surface area contributed by atoms with E-state index in [9.17, 15) is 0 Å². The predicted octanol–water partition coefficient (Wildman–Crippen LogP) is 4.96. The van der Waals surface area contributed by atoms with Crippen LogP contribution in [-0.4, -0.2) is 36.6 Å². The number of nitrogens with zero attached hydrogens (tertiary/aromatic N) is 3. The summed E-state index contributed by atoms with van der Waals surface area (Å²) in [6.45, 7) is 12.4. The first-order valence-electron chi connectivity index (χ1n) is 11.3. The Kier molecular flexibility index (Phi) is 7.02. The summed E-state index contributed by atoms with van der Waals surface area (Å²) in [6, 6.07) is 6.96. The molecule has 1 aromatic heterocycles. The topological polar surface area (TPSA) is 53.1 Å². The summed E-state index contributed by atoms with van der Waals surface area (Å²) in [5.41, 5.74) is 5.60. The second-order valence-electron chi connectivity index (χ2n) is 9.68. The molecule has 3 rings (SSSR count). The maximum atomic E-state index is 4.60. The molecule has 5 nitrogen and oxygen atoms in total. The van der Waals surface area contributed by atoms with Crippen LogP contribution >= 0.6 is 0 Å². The molecule has 0 spiro atoms. The van der Waals surface area contributed by atoms with Gasteiger partial charge in [-0.2, -0.15) is 4.98 Å². The zero-order valence-electron chi connectivity index (χ0n) is 19.8. The van der Waals surface area contributed by atoms with Crippen LogP contribution in [0.25, 0.3) is 0 Å². The highest BCUT2D eigenvalue weighted by Crippen LogP contribution is 2.30. The SMILES string of the molecule is Cc1ccc(C(C)(C)NCC2CCC(Nc3nccc(N(C)C)n3)CC2)c(C)c1C. The van der Waals surface area contributed by atoms with Gasteiger partial charge in [-0.15, -0.1) is 0 Å². The fourth-order valence-electron chi connectivity index (χ4n) is 4.49. The van der Waals surface area contributed by atoms with E-state index in [0.717, 1.165) is 24.2 Å². The number of nitrogens with one attached hydrogen (secondary N) is 2. The average molecular weight is 410 g/mol. The predicted molar refractivity (Wildman–Crippen MR) is 127 cm³/mol. The van der Waals surface area contributed by atoms with Gasteiger partial charge in [-0.3, -0.25) is 0 Å². The van der Waals surface area contributed by atoms with E-state index in [4.69, 9.17) is 0 Å². The molecule has 0 saturated heterocycles. The van der Waals surface area contributed by atoms with Crippen molar-refractivity contribution in [2.45, 2.75) is 71.9 Å². The van der Waals surface area contributed by atoms with Crippen molar-refractivity contribution in [1.29, 1.82) is 0 Å². The normalized spacial score (nSPS) is 19.6. The Morgan fingerprint density at radius 2 is 1.70 bits per heavy atom. The van der Waals surface area contributed by atoms with Gasteiger partial charge >= 0.3 is 0 Å². The first-order valence-corrected chi connectivity index (χ1v) is 11.3. The van der Waals surface area contributed by atoms with Crippen LogP contribution in [0.15, 0.2) is 24.4 Å². The third kappa shape index (κ3) is 5.31. The molecule has 0 aliphatic heterocycles. The first kappa shape index (κ1) is 22.5. The molecular formula is C25H39N5. The summed E-state index contributed by atoms with van der Waals surface area (Å²) in [7, 11) is 4.01. The summed E-state index contributed by atoms with van der Waals surface area (Å²) >= 11 is 0. The van der Waals surface area contributed by atoms with Crippen molar-refractivity contribution >= 4 is 11.8 Å². The summed E-state index contributed by atoms with van der Waals surface area (Å²) in [4.78, 5) is 11.0. The highest BCUT2D eigenvalue weighted by molar-refractivity contribution is 5.42. The molecule has 1 aliphatic rings. The quantitative estimate of drug-likeness (QED) is 0.677. The fourth-order valence-corrected chi connectivity index (χ4v) is 4.49. The van der Waals surface area contributed by atoms with Gasteiger partial charge in [0.2, 0.25) is 5.95 Å². The molecular weight excluding hydrogens is 370 g/mol. The van der Waals surface area contributed by atoms with Gasteiger partial charge in [0.1, 0.15) is 5.82 Å². The number of hydrogen-bond acceptors (Lipinski definition) is 5. The third-order valence-corrected chi connectivity index (χ3v) is 6.84. The smallest absolute Gasteiger partial charge is 0.224 e. The molecule has 1 heterocycles. The van der Waals surface area contributed by atoms with Crippen LogP contribution in [0.5, 0.6) is 0 Å². The van der Waals surface area contributed by atoms with Crippen LogP contribution < -0.4 is 15.5 Å². The molecule has 30 heavy (non-hydrogen) atoms. The van der Waals surface area contributed by atoms with Gasteiger partial charge in [-0.1, -0.05) is 12.1 Å². The first-order chi connectivity index (χ1) is 14.2. The molecule has 2 N–H and O–H groups in total. The molecule has 1 aromatic carbocycles. The number of aromatic nitrogens is 2. The van der Waals surface area contributed by atoms with Crippen molar-refractivity contribution < 1.29 is 0 Å². The highest BCUT2D eigenvalue weighted by atomic mass is 15.2. The third-order valence-electron chi connectivity index (χ3n) is 6.84. The largest absolute Gasteiger partial charge is 0.363 e. The van der Waals surface area contributed by atoms with Gasteiger partial charge in [0.15, 0.2) is 0 Å². The average Bonchev–Trinajstić information content (AvgIpc) is 2.71. The van der Waals surface area contributed by atoms with E-state index in [-0.39, 0.29) is 5.54 Å². The van der Waals surface area contributed by atoms with E-state index in [1.54, 1.807) is 0 Å². The van der Waals surface area contributed by atoms with Gasteiger partial charge in [0, 0.05) is 31.9 Å². The van der Waals surface area contributed by atoms with Crippen molar-refractivity contribution in [3.8, 4) is 0 Å². The monoisotopic (exact) mass is 409 g/mol. The van der Waals surface area contributed by atoms with E-state index < -0.39 is 0 Å². The van der Waals surface area contributed by atoms with Gasteiger partial charge in [0.25, 0.3) is 0 Å². The lowest BCUT2D eigenvalue weighted by atomic mass is 9.83. The molecule has 5 heteroatoms. The zero-order valence-corrected chi connectivity index (χ0v) is 19.8. The van der Waals surface area contributed by atoms with Gasteiger partial charge in [-0.25, -0.2) is 4.98 Å². The molecule has 1 saturated carbocycles. The minimum atomic E-state index is -0.0158. The van der Waals surface area contributed by atoms with Crippen molar-refractivity contribution in [2.75, 3.05) is 30.9 Å². The van der Waals surface area contributed by atoms with Crippen molar-refractivity contribution in [2.24, 2.45) is 5.92 Å². The molecule has 1 aliphatic carbocycles. The standard InChI is InChI=1S/C25H39N5/c1-17-8-13-22(19(3)18(17)2)25(4,5)27-16-20-9-11-21(12-10-20)28-24-26-15-14-23(29-24)30(6)7/h8,13-15,20-21,27H,9-12,16H2,1-7H3,(H,26,28,29). The van der Waals surface area contributed by atoms with Crippen LogP contribution in [0.4, 0.5) is 11.8 Å². The van der Waals surface area contributed by atoms with Crippen molar-refractivity contribution in [3.05, 3.63) is 46.6 Å². The molecule has 1 fully saturated rings. The molecule has 2 aromatic rings. The van der Waals surface area contributed by atoms with E-state index in [0.29, 0.717) is 6.04 Å². The Bertz CT molecular complexity index is 851. The number of anilines is 2. The van der Waals surface area contributed by atoms with Crippen LogP contribution in [0.1, 0.15) is 61.8 Å². The number of hydrogen-bond donors (Lipinski definition) is 2. The lowest BCUT2D eigenvalue weighted by Gasteiger charge is -2.34. The van der Waals surface area contributed by atoms with Crippen molar-refractivity contribution in [1.82, 2.24) is 15.3 Å². The summed E-state index contributed by atoms with van der Waals surface area (Å²) in [5.74, 6) is 2.41. The second kappa shape index (κ2) is 9.34. The van der Waals surface area contributed by atoms with E-state index >= 15 is 0 Å². The Balaban J connectivity index is 1.51. The molecule has 0 atom stereocenters. The Morgan fingerprint density at radius 1 is 1.00 bits per heavy atom. The maximum absolute atomic E-state index is 4.60. The van der Waals surface area contributed by atoms with Gasteiger partial charge < -0.3 is 15.5 Å². The number of benzene rings is 1. The Morgan fingerprint density at radius 3 is 2.37 bits per heavy atom.